The van der Waals surface area contributed by atoms with Gasteiger partial charge in [0.15, 0.2) is 0 Å². The molecule has 0 saturated carbocycles. The van der Waals surface area contributed by atoms with Crippen LogP contribution >= 0.6 is 0 Å². The van der Waals surface area contributed by atoms with Crippen LogP contribution in [0.5, 0.6) is 5.75 Å². The van der Waals surface area contributed by atoms with E-state index in [9.17, 15) is 19.2 Å². The number of hydroxylamine groups is 2. The Morgan fingerprint density at radius 1 is 0.725 bits per heavy atom. The molecule has 2 rings (SSSR count). The summed E-state index contributed by atoms with van der Waals surface area (Å²) in [7, 11) is 6.37. The molecule has 1 aliphatic heterocycles. The number of aryl methyl sites for hydroxylation is 1. The minimum atomic E-state index is -1.08. The van der Waals surface area contributed by atoms with Crippen LogP contribution in [0, 0.1) is 18.8 Å². The molecular weight excluding hydrogens is 530 g/mol. The van der Waals surface area contributed by atoms with Crippen LogP contribution in [-0.2, 0) is 42.8 Å². The zero-order valence-electron chi connectivity index (χ0n) is 23.9. The van der Waals surface area contributed by atoms with Crippen LogP contribution in [-0.4, -0.2) is 97.3 Å². The minimum absolute atomic E-state index is 0.0440. The van der Waals surface area contributed by atoms with E-state index in [-0.39, 0.29) is 37.9 Å². The summed E-state index contributed by atoms with van der Waals surface area (Å²) in [6.45, 7) is 4.31. The van der Waals surface area contributed by atoms with E-state index < -0.39 is 24.1 Å². The van der Waals surface area contributed by atoms with Gasteiger partial charge in [0.05, 0.1) is 13.2 Å². The summed E-state index contributed by atoms with van der Waals surface area (Å²) in [4.78, 5) is 50.0. The van der Waals surface area contributed by atoms with Crippen molar-refractivity contribution < 1.29 is 57.2 Å². The third-order valence-corrected chi connectivity index (χ3v) is 5.53. The first kappa shape index (κ1) is 34.8. The van der Waals surface area contributed by atoms with Crippen molar-refractivity contribution in [1.82, 2.24) is 5.06 Å². The fourth-order valence-electron chi connectivity index (χ4n) is 3.33. The van der Waals surface area contributed by atoms with Crippen molar-refractivity contribution in [1.29, 1.82) is 0 Å². The molecule has 1 heterocycles. The molecule has 0 spiro atoms. The van der Waals surface area contributed by atoms with E-state index in [4.69, 9.17) is 33.2 Å². The molecular formula is C27H41NO12. The summed E-state index contributed by atoms with van der Waals surface area (Å²) in [5, 5.41) is 0.447. The van der Waals surface area contributed by atoms with Crippen LogP contribution in [0.15, 0.2) is 24.3 Å². The van der Waals surface area contributed by atoms with Gasteiger partial charge in [-0.05, 0) is 31.9 Å². The van der Waals surface area contributed by atoms with Gasteiger partial charge in [0, 0.05) is 66.3 Å². The van der Waals surface area contributed by atoms with Crippen LogP contribution in [0.2, 0.25) is 0 Å². The summed E-state index contributed by atoms with van der Waals surface area (Å²) in [6.07, 6.45) is -0.265. The Balaban J connectivity index is 0.000000400. The number of amides is 2. The van der Waals surface area contributed by atoms with E-state index in [1.165, 1.54) is 0 Å². The summed E-state index contributed by atoms with van der Waals surface area (Å²) >= 11 is 0. The molecule has 1 aromatic rings. The number of methoxy groups -OCH3 is 4. The van der Waals surface area contributed by atoms with Gasteiger partial charge in [0.1, 0.15) is 19.0 Å². The minimum Gasteiger partial charge on any atom is -0.434 e. The maximum absolute atomic E-state index is 11.6. The molecule has 0 aliphatic carbocycles. The van der Waals surface area contributed by atoms with Crippen molar-refractivity contribution in [3.05, 3.63) is 29.8 Å². The zero-order valence-corrected chi connectivity index (χ0v) is 23.9. The van der Waals surface area contributed by atoms with Gasteiger partial charge in [-0.15, -0.1) is 0 Å². The Hall–Kier alpha value is -3.26. The number of imide groups is 1. The third kappa shape index (κ3) is 14.8. The molecule has 0 N–H and O–H groups in total. The molecule has 1 saturated heterocycles. The fraction of sp³-hybridized carbons (Fsp3) is 0.630. The van der Waals surface area contributed by atoms with Crippen LogP contribution in [0.3, 0.4) is 0 Å². The highest BCUT2D eigenvalue weighted by Crippen LogP contribution is 2.14. The van der Waals surface area contributed by atoms with Crippen LogP contribution in [0.4, 0.5) is 9.59 Å². The molecule has 2 amide bonds. The number of hydrogen-bond donors (Lipinski definition) is 0. The summed E-state index contributed by atoms with van der Waals surface area (Å²) < 4.78 is 35.0. The Kier molecular flexibility index (Phi) is 17.9. The van der Waals surface area contributed by atoms with Crippen molar-refractivity contribution >= 4 is 24.1 Å². The first-order valence-corrected chi connectivity index (χ1v) is 12.8. The number of hydrogen-bond acceptors (Lipinski definition) is 12. The van der Waals surface area contributed by atoms with Gasteiger partial charge >= 0.3 is 12.3 Å². The van der Waals surface area contributed by atoms with E-state index in [0.717, 1.165) is 12.0 Å². The Labute approximate surface area is 234 Å². The third-order valence-electron chi connectivity index (χ3n) is 5.53. The normalized spacial score (nSPS) is 14.2. The lowest BCUT2D eigenvalue weighted by Crippen LogP contribution is -2.33. The van der Waals surface area contributed by atoms with E-state index in [0.29, 0.717) is 43.7 Å². The summed E-state index contributed by atoms with van der Waals surface area (Å²) in [5.74, 6) is -0.552. The topological polar surface area (TPSA) is 145 Å². The van der Waals surface area contributed by atoms with Gasteiger partial charge in [-0.3, -0.25) is 14.4 Å². The second kappa shape index (κ2) is 20.6. The van der Waals surface area contributed by atoms with E-state index in [2.05, 4.69) is 4.84 Å². The lowest BCUT2D eigenvalue weighted by Gasteiger charge is -2.17. The standard InChI is InChI=1S/C15H22O5.C12H19NO7/c1-12-4-6-14(7-5-12)20-15(16)19-11-13(10-18-3)8-9-17-2;1-17-6-5-9(7-18-2)8-19-12(16)20-13-10(14)3-4-11(13)15/h4-7,13H,8-11H2,1-3H3;9H,3-8H2,1-2H3. The van der Waals surface area contributed by atoms with Gasteiger partial charge in [-0.1, -0.05) is 22.8 Å². The molecule has 1 aliphatic rings. The van der Waals surface area contributed by atoms with Crippen LogP contribution in [0.1, 0.15) is 31.2 Å². The molecule has 0 bridgehead atoms. The average Bonchev–Trinajstić information content (AvgIpc) is 3.25. The lowest BCUT2D eigenvalue weighted by molar-refractivity contribution is -0.177. The second-order valence-electron chi connectivity index (χ2n) is 8.92. The number of carbonyl (C=O) groups excluding carboxylic acids is 4. The predicted molar refractivity (Wildman–Crippen MR) is 140 cm³/mol. The molecule has 1 fully saturated rings. The lowest BCUT2D eigenvalue weighted by atomic mass is 10.1. The predicted octanol–water partition coefficient (Wildman–Crippen LogP) is 3.31. The van der Waals surface area contributed by atoms with Gasteiger partial charge in [0.25, 0.3) is 11.8 Å². The molecule has 13 nitrogen and oxygen atoms in total. The van der Waals surface area contributed by atoms with Gasteiger partial charge in [0.2, 0.25) is 0 Å². The summed E-state index contributed by atoms with van der Waals surface area (Å²) in [5.41, 5.74) is 1.10. The maximum atomic E-state index is 11.6. The van der Waals surface area contributed by atoms with Crippen molar-refractivity contribution in [2.24, 2.45) is 11.8 Å². The molecule has 13 heteroatoms. The van der Waals surface area contributed by atoms with E-state index >= 15 is 0 Å². The van der Waals surface area contributed by atoms with Crippen molar-refractivity contribution in [2.45, 2.75) is 32.6 Å². The Morgan fingerprint density at radius 2 is 1.20 bits per heavy atom. The first-order chi connectivity index (χ1) is 19.2. The SMILES string of the molecule is COCCC(COC)COC(=O)ON1C(=O)CCC1=O.COCCC(COC)COC(=O)Oc1ccc(C)cc1. The summed E-state index contributed by atoms with van der Waals surface area (Å²) in [6, 6.07) is 7.20. The molecule has 2 atom stereocenters. The van der Waals surface area contributed by atoms with Crippen LogP contribution < -0.4 is 4.74 Å². The van der Waals surface area contributed by atoms with Crippen molar-refractivity contribution in [3.63, 3.8) is 0 Å². The molecule has 226 valence electrons. The smallest absolute Gasteiger partial charge is 0.434 e. The highest BCUT2D eigenvalue weighted by Gasteiger charge is 2.33. The number of benzene rings is 1. The zero-order chi connectivity index (χ0) is 29.8. The maximum Gasteiger partial charge on any atom is 0.533 e. The molecule has 1 aromatic carbocycles. The van der Waals surface area contributed by atoms with E-state index in [1.54, 1.807) is 40.6 Å². The number of nitrogens with zero attached hydrogens (tertiary/aromatic N) is 1. The first-order valence-electron chi connectivity index (χ1n) is 12.8. The number of rotatable bonds is 16. The monoisotopic (exact) mass is 571 g/mol. The highest BCUT2D eigenvalue weighted by atomic mass is 16.8. The number of ether oxygens (including phenoxy) is 7. The Morgan fingerprint density at radius 3 is 1.65 bits per heavy atom. The van der Waals surface area contributed by atoms with Crippen molar-refractivity contribution in [2.75, 3.05) is 68.1 Å². The molecule has 0 radical (unpaired) electrons. The molecule has 2 unspecified atom stereocenters. The molecule has 0 aromatic heterocycles. The van der Waals surface area contributed by atoms with Gasteiger partial charge in [-0.2, -0.15) is 0 Å². The number of carbonyl (C=O) groups is 4. The van der Waals surface area contributed by atoms with Crippen molar-refractivity contribution in [3.8, 4) is 5.75 Å². The Bertz CT molecular complexity index is 876. The quantitative estimate of drug-likeness (QED) is 0.163. The van der Waals surface area contributed by atoms with Gasteiger partial charge in [-0.25, -0.2) is 9.59 Å². The fourth-order valence-corrected chi connectivity index (χ4v) is 3.33. The molecule has 40 heavy (non-hydrogen) atoms. The van der Waals surface area contributed by atoms with Gasteiger partial charge < -0.3 is 33.2 Å². The van der Waals surface area contributed by atoms with E-state index in [1.807, 2.05) is 19.1 Å². The van der Waals surface area contributed by atoms with Crippen LogP contribution in [0.25, 0.3) is 0 Å². The largest absolute Gasteiger partial charge is 0.533 e. The average molecular weight is 572 g/mol. The second-order valence-corrected chi connectivity index (χ2v) is 8.92. The highest BCUT2D eigenvalue weighted by molar-refractivity contribution is 6.01.